The average Bonchev–Trinajstić information content (AvgIpc) is 2.69. The highest BCUT2D eigenvalue weighted by Gasteiger charge is 2.15. The number of benzene rings is 3. The molecule has 128 valence electrons. The average molecular weight is 345 g/mol. The zero-order chi connectivity index (χ0) is 18.4. The molecule has 0 atom stereocenters. The van der Waals surface area contributed by atoms with Gasteiger partial charge in [0.1, 0.15) is 5.75 Å². The number of nitro groups is 1. The first-order valence-corrected chi connectivity index (χ1v) is 7.92. The number of hydrogen-bond donors (Lipinski definition) is 0. The Bertz CT molecular complexity index is 933. The van der Waals surface area contributed by atoms with E-state index >= 15 is 0 Å². The van der Waals surface area contributed by atoms with Crippen molar-refractivity contribution in [2.24, 2.45) is 0 Å². The molecule has 0 fully saturated rings. The van der Waals surface area contributed by atoms with Gasteiger partial charge in [-0.25, -0.2) is 0 Å². The molecule has 3 aromatic rings. The molecule has 0 aliphatic heterocycles. The lowest BCUT2D eigenvalue weighted by Crippen LogP contribution is -2.09. The summed E-state index contributed by atoms with van der Waals surface area (Å²) in [6, 6.07) is 23.7. The Labute approximate surface area is 150 Å². The summed E-state index contributed by atoms with van der Waals surface area (Å²) in [6.07, 6.45) is 1.65. The fourth-order valence-electron chi connectivity index (χ4n) is 2.34. The Morgan fingerprint density at radius 3 is 2.00 bits per heavy atom. The molecule has 0 spiro atoms. The van der Waals surface area contributed by atoms with E-state index in [1.54, 1.807) is 30.3 Å². The quantitative estimate of drug-likeness (QED) is 0.209. The number of Topliss-reactive ketones (excluding diaryl/α,β-unsaturated/α-hetero) is 1. The molecule has 0 unspecified atom stereocenters. The predicted molar refractivity (Wildman–Crippen MR) is 98.9 cm³/mol. The van der Waals surface area contributed by atoms with E-state index in [0.29, 0.717) is 11.3 Å². The van der Waals surface area contributed by atoms with Gasteiger partial charge in [0.15, 0.2) is 5.76 Å². The summed E-state index contributed by atoms with van der Waals surface area (Å²) in [6.45, 7) is 0. The van der Waals surface area contributed by atoms with Gasteiger partial charge in [0.05, 0.1) is 4.92 Å². The molecule has 0 aliphatic carbocycles. The summed E-state index contributed by atoms with van der Waals surface area (Å²) in [5, 5.41) is 10.8. The number of ether oxygens (including phenoxy) is 1. The van der Waals surface area contributed by atoms with Crippen LogP contribution in [-0.4, -0.2) is 10.7 Å². The molecule has 0 heterocycles. The van der Waals surface area contributed by atoms with Crippen molar-refractivity contribution in [3.8, 4) is 5.75 Å². The van der Waals surface area contributed by atoms with Gasteiger partial charge in [-0.05, 0) is 23.8 Å². The Hall–Kier alpha value is -3.73. The fraction of sp³-hybridized carbons (Fsp3) is 0. The second kappa shape index (κ2) is 7.90. The number of ketones is 1. The number of non-ortho nitro benzene ring substituents is 1. The molecule has 0 aromatic heterocycles. The first-order valence-electron chi connectivity index (χ1n) is 7.92. The number of rotatable bonds is 6. The van der Waals surface area contributed by atoms with Crippen molar-refractivity contribution in [3.05, 3.63) is 112 Å². The van der Waals surface area contributed by atoms with Crippen molar-refractivity contribution in [2.75, 3.05) is 0 Å². The van der Waals surface area contributed by atoms with Crippen LogP contribution in [0, 0.1) is 10.1 Å². The fourth-order valence-corrected chi connectivity index (χ4v) is 2.34. The van der Waals surface area contributed by atoms with Crippen LogP contribution in [0.25, 0.3) is 6.08 Å². The maximum Gasteiger partial charge on any atom is 0.269 e. The zero-order valence-corrected chi connectivity index (χ0v) is 13.7. The molecule has 5 heteroatoms. The maximum atomic E-state index is 12.8. The molecular weight excluding hydrogens is 330 g/mol. The van der Waals surface area contributed by atoms with E-state index in [2.05, 4.69) is 0 Å². The smallest absolute Gasteiger partial charge is 0.269 e. The van der Waals surface area contributed by atoms with Gasteiger partial charge < -0.3 is 4.74 Å². The molecule has 26 heavy (non-hydrogen) atoms. The summed E-state index contributed by atoms with van der Waals surface area (Å²) in [7, 11) is 0. The highest BCUT2D eigenvalue weighted by molar-refractivity contribution is 6.10. The normalized spacial score (nSPS) is 11.0. The van der Waals surface area contributed by atoms with Gasteiger partial charge in [-0.1, -0.05) is 60.7 Å². The van der Waals surface area contributed by atoms with Crippen molar-refractivity contribution in [2.45, 2.75) is 0 Å². The summed E-state index contributed by atoms with van der Waals surface area (Å²) < 4.78 is 5.76. The van der Waals surface area contributed by atoms with Crippen LogP contribution >= 0.6 is 0 Å². The Kier molecular flexibility index (Phi) is 5.19. The molecule has 0 radical (unpaired) electrons. The van der Waals surface area contributed by atoms with Crippen LogP contribution in [0.3, 0.4) is 0 Å². The lowest BCUT2D eigenvalue weighted by Gasteiger charge is -2.10. The SMILES string of the molecule is O=C(C(=Cc1ccccc1)Oc1ccc([N+](=O)[O-])cc1)c1ccccc1. The summed E-state index contributed by atoms with van der Waals surface area (Å²) in [4.78, 5) is 23.1. The summed E-state index contributed by atoms with van der Waals surface area (Å²) in [5.74, 6) is 0.214. The third-order valence-electron chi connectivity index (χ3n) is 3.63. The third kappa shape index (κ3) is 4.21. The first-order chi connectivity index (χ1) is 12.6. The second-order valence-electron chi connectivity index (χ2n) is 5.47. The van der Waals surface area contributed by atoms with Crippen LogP contribution in [0.1, 0.15) is 15.9 Å². The van der Waals surface area contributed by atoms with Gasteiger partial charge >= 0.3 is 0 Å². The van der Waals surface area contributed by atoms with Crippen molar-refractivity contribution in [1.82, 2.24) is 0 Å². The number of hydrogen-bond acceptors (Lipinski definition) is 4. The molecule has 3 rings (SSSR count). The summed E-state index contributed by atoms with van der Waals surface area (Å²) in [5.41, 5.74) is 1.27. The van der Waals surface area contributed by atoms with Crippen molar-refractivity contribution in [3.63, 3.8) is 0 Å². The van der Waals surface area contributed by atoms with Gasteiger partial charge in [-0.3, -0.25) is 14.9 Å². The van der Waals surface area contributed by atoms with E-state index in [1.165, 1.54) is 24.3 Å². The summed E-state index contributed by atoms with van der Waals surface area (Å²) >= 11 is 0. The topological polar surface area (TPSA) is 69.4 Å². The number of carbonyl (C=O) groups excluding carboxylic acids is 1. The molecule has 0 N–H and O–H groups in total. The predicted octanol–water partition coefficient (Wildman–Crippen LogP) is 4.90. The second-order valence-corrected chi connectivity index (χ2v) is 5.47. The van der Waals surface area contributed by atoms with Crippen molar-refractivity contribution >= 4 is 17.5 Å². The highest BCUT2D eigenvalue weighted by Crippen LogP contribution is 2.22. The lowest BCUT2D eigenvalue weighted by molar-refractivity contribution is -0.384. The maximum absolute atomic E-state index is 12.8. The molecular formula is C21H15NO4. The molecule has 0 bridgehead atoms. The lowest BCUT2D eigenvalue weighted by atomic mass is 10.1. The van der Waals surface area contributed by atoms with Crippen molar-refractivity contribution < 1.29 is 14.5 Å². The van der Waals surface area contributed by atoms with Gasteiger partial charge in [-0.2, -0.15) is 0 Å². The van der Waals surface area contributed by atoms with Crippen LogP contribution < -0.4 is 4.74 Å². The van der Waals surface area contributed by atoms with Crippen molar-refractivity contribution in [1.29, 1.82) is 0 Å². The first kappa shape index (κ1) is 17.1. The number of carbonyl (C=O) groups is 1. The van der Waals surface area contributed by atoms with Crippen LogP contribution in [0.15, 0.2) is 90.7 Å². The molecule has 0 amide bonds. The van der Waals surface area contributed by atoms with Crippen LogP contribution in [0.2, 0.25) is 0 Å². The van der Waals surface area contributed by atoms with E-state index in [4.69, 9.17) is 4.74 Å². The molecule has 0 aliphatic rings. The molecule has 3 aromatic carbocycles. The van der Waals surface area contributed by atoms with E-state index in [0.717, 1.165) is 5.56 Å². The number of nitrogens with zero attached hydrogens (tertiary/aromatic N) is 1. The molecule has 0 saturated heterocycles. The van der Waals surface area contributed by atoms with Gasteiger partial charge in [0.25, 0.3) is 5.69 Å². The van der Waals surface area contributed by atoms with E-state index in [9.17, 15) is 14.9 Å². The number of nitro benzene ring substituents is 1. The monoisotopic (exact) mass is 345 g/mol. The third-order valence-corrected chi connectivity index (χ3v) is 3.63. The van der Waals surface area contributed by atoms with Gasteiger partial charge in [-0.15, -0.1) is 0 Å². The largest absolute Gasteiger partial charge is 0.453 e. The van der Waals surface area contributed by atoms with Crippen LogP contribution in [0.5, 0.6) is 5.75 Å². The molecule has 5 nitrogen and oxygen atoms in total. The number of allylic oxidation sites excluding steroid dienone is 1. The highest BCUT2D eigenvalue weighted by atomic mass is 16.6. The van der Waals surface area contributed by atoms with Crippen LogP contribution in [0.4, 0.5) is 5.69 Å². The van der Waals surface area contributed by atoms with E-state index in [-0.39, 0.29) is 17.2 Å². The Morgan fingerprint density at radius 1 is 0.846 bits per heavy atom. The van der Waals surface area contributed by atoms with E-state index < -0.39 is 4.92 Å². The zero-order valence-electron chi connectivity index (χ0n) is 13.7. The van der Waals surface area contributed by atoms with Gasteiger partial charge in [0.2, 0.25) is 5.78 Å². The standard InChI is InChI=1S/C21H15NO4/c23-21(17-9-5-2-6-10-17)20(15-16-7-3-1-4-8-16)26-19-13-11-18(12-14-19)22(24)25/h1-15H. The Morgan fingerprint density at radius 2 is 1.42 bits per heavy atom. The Balaban J connectivity index is 1.94. The van der Waals surface area contributed by atoms with Crippen LogP contribution in [-0.2, 0) is 0 Å². The van der Waals surface area contributed by atoms with E-state index in [1.807, 2.05) is 36.4 Å². The minimum absolute atomic E-state index is 0.0414. The minimum Gasteiger partial charge on any atom is -0.453 e. The minimum atomic E-state index is -0.486. The van der Waals surface area contributed by atoms with Gasteiger partial charge in [0, 0.05) is 17.7 Å². The molecule has 0 saturated carbocycles.